The molecule has 1 aromatic rings. The summed E-state index contributed by atoms with van der Waals surface area (Å²) >= 11 is 6.05. The van der Waals surface area contributed by atoms with Gasteiger partial charge in [0.2, 0.25) is 0 Å². The molecule has 0 fully saturated rings. The minimum absolute atomic E-state index is 0.272. The zero-order valence-corrected chi connectivity index (χ0v) is 37.3. The van der Waals surface area contributed by atoms with Crippen molar-refractivity contribution in [2.75, 3.05) is 59.0 Å². The second kappa shape index (κ2) is 37.3. The van der Waals surface area contributed by atoms with Gasteiger partial charge in [0.15, 0.2) is 0 Å². The molecule has 0 aliphatic carbocycles. The van der Waals surface area contributed by atoms with Crippen molar-refractivity contribution >= 4 is 18.9 Å². The van der Waals surface area contributed by atoms with E-state index in [1.807, 2.05) is 19.1 Å². The van der Waals surface area contributed by atoms with Gasteiger partial charge < -0.3 is 23.7 Å². The van der Waals surface area contributed by atoms with E-state index in [1.165, 1.54) is 170 Å². The summed E-state index contributed by atoms with van der Waals surface area (Å²) in [5.74, 6) is 0. The Hall–Kier alpha value is -0.625. The Morgan fingerprint density at radius 1 is 0.500 bits per heavy atom. The number of halogens is 1. The smallest absolute Gasteiger partial charge is 0.0786 e. The van der Waals surface area contributed by atoms with Gasteiger partial charge in [0.25, 0.3) is 0 Å². The van der Waals surface area contributed by atoms with Crippen LogP contribution < -0.4 is 10.0 Å². The molecule has 1 rings (SSSR count). The first-order valence-corrected chi connectivity index (χ1v) is 22.8. The maximum absolute atomic E-state index is 10.1. The van der Waals surface area contributed by atoms with Crippen LogP contribution in [-0.2, 0) is 11.1 Å². The minimum atomic E-state index is -2.14. The summed E-state index contributed by atoms with van der Waals surface area (Å²) in [7, 11) is -2.14. The number of unbranched alkanes of at least 4 members (excludes halogenated alkanes) is 11. The van der Waals surface area contributed by atoms with Gasteiger partial charge in [0, 0.05) is 11.6 Å². The van der Waals surface area contributed by atoms with E-state index in [0.717, 1.165) is 42.7 Å². The van der Waals surface area contributed by atoms with Crippen molar-refractivity contribution < 1.29 is 23.7 Å². The zero-order chi connectivity index (χ0) is 39.4. The molecule has 5 nitrogen and oxygen atoms in total. The highest BCUT2D eigenvalue weighted by atomic mass is 35.5. The number of rotatable bonds is 32. The van der Waals surface area contributed by atoms with Crippen LogP contribution in [0.2, 0.25) is 5.02 Å². The Labute approximate surface area is 332 Å². The molecule has 0 bridgehead atoms. The summed E-state index contributed by atoms with van der Waals surface area (Å²) in [5, 5.41) is 21.0. The fourth-order valence-corrected chi connectivity index (χ4v) is 7.25. The number of quaternary nitrogens is 2. The lowest BCUT2D eigenvalue weighted by atomic mass is 10.0. The summed E-state index contributed by atoms with van der Waals surface area (Å²) in [5.41, 5.74) is 2.35. The molecule has 0 aliphatic rings. The van der Waals surface area contributed by atoms with E-state index in [4.69, 9.17) is 11.6 Å². The van der Waals surface area contributed by atoms with Crippen LogP contribution in [0.1, 0.15) is 195 Å². The van der Waals surface area contributed by atoms with Crippen molar-refractivity contribution in [2.24, 2.45) is 0 Å². The van der Waals surface area contributed by atoms with Crippen molar-refractivity contribution in [1.82, 2.24) is 0 Å². The van der Waals surface area contributed by atoms with Crippen LogP contribution in [0.3, 0.4) is 0 Å². The molecule has 0 atom stereocenters. The molecule has 0 spiro atoms. The molecule has 0 amide bonds. The van der Waals surface area contributed by atoms with E-state index in [-0.39, 0.29) is 6.61 Å². The van der Waals surface area contributed by atoms with Crippen LogP contribution in [-0.4, -0.2) is 75.3 Å². The van der Waals surface area contributed by atoms with Gasteiger partial charge in [-0.2, -0.15) is 0 Å². The number of hydrogen-bond donors (Lipinski definition) is 0. The average molecular weight is 753 g/mol. The van der Waals surface area contributed by atoms with Gasteiger partial charge >= 0.3 is 0 Å². The Morgan fingerprint density at radius 2 is 0.827 bits per heavy atom. The van der Waals surface area contributed by atoms with E-state index < -0.39 is 7.32 Å². The second-order valence-corrected chi connectivity index (χ2v) is 16.1. The summed E-state index contributed by atoms with van der Waals surface area (Å²) in [6.07, 6.45) is 27.0. The SMILES string of the molecule is CCCC[N+](CCCC)(CCCC)CCCC.CCCC[N+](CCCC)(CCCC)CCCC.Cc1ccc(CCCCCCOB([O-])[O-])cc1Cl. The lowest BCUT2D eigenvalue weighted by molar-refractivity contribution is -0.929. The van der Waals surface area contributed by atoms with Gasteiger partial charge in [-0.3, -0.25) is 0 Å². The second-order valence-electron chi connectivity index (χ2n) is 15.7. The van der Waals surface area contributed by atoms with E-state index in [0.29, 0.717) is 0 Å². The molecule has 0 heterocycles. The zero-order valence-electron chi connectivity index (χ0n) is 36.5. The van der Waals surface area contributed by atoms with Gasteiger partial charge in [-0.1, -0.05) is 143 Å². The van der Waals surface area contributed by atoms with Crippen LogP contribution in [0.4, 0.5) is 0 Å². The summed E-state index contributed by atoms with van der Waals surface area (Å²) in [6.45, 7) is 32.3. The fraction of sp³-hybridized carbons (Fsp3) is 0.867. The van der Waals surface area contributed by atoms with Crippen LogP contribution in [0.15, 0.2) is 18.2 Å². The molecule has 0 radical (unpaired) electrons. The molecule has 1 aromatic carbocycles. The third kappa shape index (κ3) is 29.7. The predicted molar refractivity (Wildman–Crippen MR) is 229 cm³/mol. The lowest BCUT2D eigenvalue weighted by Gasteiger charge is -2.39. The molecule has 308 valence electrons. The first kappa shape index (κ1) is 53.5. The van der Waals surface area contributed by atoms with Crippen molar-refractivity contribution in [1.29, 1.82) is 0 Å². The molecule has 0 aliphatic heterocycles. The molecular formula is C45H90BClN2O3. The predicted octanol–water partition coefficient (Wildman–Crippen LogP) is 11.5. The fourth-order valence-electron chi connectivity index (χ4n) is 7.05. The monoisotopic (exact) mass is 753 g/mol. The third-order valence-electron chi connectivity index (χ3n) is 10.7. The Kier molecular flexibility index (Phi) is 38.4. The van der Waals surface area contributed by atoms with E-state index in [1.54, 1.807) is 0 Å². The summed E-state index contributed by atoms with van der Waals surface area (Å²) in [6, 6.07) is 6.15. The van der Waals surface area contributed by atoms with Gasteiger partial charge in [-0.05, 0) is 94.7 Å². The topological polar surface area (TPSA) is 55.3 Å². The van der Waals surface area contributed by atoms with Crippen molar-refractivity contribution in [3.63, 3.8) is 0 Å². The molecule has 0 N–H and O–H groups in total. The Bertz CT molecular complexity index is 777. The molecule has 0 saturated heterocycles. The maximum Gasteiger partial charge on any atom is 0.0786 e. The molecule has 7 heteroatoms. The first-order valence-electron chi connectivity index (χ1n) is 22.5. The summed E-state index contributed by atoms with van der Waals surface area (Å²) in [4.78, 5) is 0. The number of aryl methyl sites for hydroxylation is 2. The van der Waals surface area contributed by atoms with E-state index in [2.05, 4.69) is 66.1 Å². The van der Waals surface area contributed by atoms with Crippen molar-refractivity contribution in [3.8, 4) is 0 Å². The van der Waals surface area contributed by atoms with E-state index >= 15 is 0 Å². The Balaban J connectivity index is 0. The first-order chi connectivity index (χ1) is 25.1. The molecule has 0 unspecified atom stereocenters. The van der Waals surface area contributed by atoms with Gasteiger partial charge in [0.05, 0.1) is 59.7 Å². The molecule has 52 heavy (non-hydrogen) atoms. The van der Waals surface area contributed by atoms with Gasteiger partial charge in [-0.15, -0.1) is 0 Å². The van der Waals surface area contributed by atoms with Crippen molar-refractivity contribution in [3.05, 3.63) is 34.3 Å². The summed E-state index contributed by atoms with van der Waals surface area (Å²) < 4.78 is 7.25. The molecule has 0 aromatic heterocycles. The standard InChI is InChI=1S/2C16H36N.C13H18BClO3/c2*1-5-9-13-17(14-10-6-2,15-11-7-3)16-12-8-4;1-11-7-8-12(10-13(11)15)6-4-2-3-5-9-18-14(16)17/h2*5-16H2,1-4H3;7-8,10H,2-6,9H2,1H3/q2*+1;-2. The Morgan fingerprint density at radius 3 is 1.12 bits per heavy atom. The molecular weight excluding hydrogens is 663 g/mol. The van der Waals surface area contributed by atoms with E-state index in [9.17, 15) is 10.0 Å². The normalized spacial score (nSPS) is 11.5. The van der Waals surface area contributed by atoms with Crippen LogP contribution in [0.25, 0.3) is 0 Å². The number of nitrogens with zero attached hydrogens (tertiary/aromatic N) is 2. The lowest BCUT2D eigenvalue weighted by Crippen LogP contribution is -2.50. The van der Waals surface area contributed by atoms with Crippen molar-refractivity contribution in [2.45, 2.75) is 197 Å². The molecule has 0 saturated carbocycles. The minimum Gasteiger partial charge on any atom is -0.871 e. The maximum atomic E-state index is 10.1. The highest BCUT2D eigenvalue weighted by molar-refractivity contribution is 6.31. The number of benzene rings is 1. The van der Waals surface area contributed by atoms with Gasteiger partial charge in [-0.25, -0.2) is 0 Å². The van der Waals surface area contributed by atoms with Gasteiger partial charge in [0.1, 0.15) is 0 Å². The largest absolute Gasteiger partial charge is 0.871 e. The third-order valence-corrected chi connectivity index (χ3v) is 11.1. The van der Waals surface area contributed by atoms with Crippen LogP contribution in [0.5, 0.6) is 0 Å². The number of hydrogen-bond acceptors (Lipinski definition) is 3. The highest BCUT2D eigenvalue weighted by Gasteiger charge is 2.25. The van der Waals surface area contributed by atoms with Crippen LogP contribution in [0, 0.1) is 6.92 Å². The van der Waals surface area contributed by atoms with Crippen LogP contribution >= 0.6 is 11.6 Å². The quantitative estimate of drug-likeness (QED) is 0.0418. The average Bonchev–Trinajstić information content (AvgIpc) is 3.15. The highest BCUT2D eigenvalue weighted by Crippen LogP contribution is 2.19.